The average Bonchev–Trinajstić information content (AvgIpc) is 3.21. The highest BCUT2D eigenvalue weighted by Gasteiger charge is 2.23. The molecule has 0 aliphatic heterocycles. The number of pyridine rings is 2. The van der Waals surface area contributed by atoms with Gasteiger partial charge in [0, 0.05) is 47.7 Å². The van der Waals surface area contributed by atoms with E-state index in [1.54, 1.807) is 17.1 Å². The van der Waals surface area contributed by atoms with Gasteiger partial charge in [0.1, 0.15) is 5.69 Å². The zero-order valence-electron chi connectivity index (χ0n) is 16.2. The summed E-state index contributed by atoms with van der Waals surface area (Å²) in [7, 11) is 0. The number of nitrogens with zero attached hydrogens (tertiary/aromatic N) is 7. The van der Waals surface area contributed by atoms with Gasteiger partial charge in [0.25, 0.3) is 0 Å². The van der Waals surface area contributed by atoms with Crippen molar-refractivity contribution < 1.29 is 0 Å². The lowest BCUT2D eigenvalue weighted by molar-refractivity contribution is 0.544. The van der Waals surface area contributed by atoms with Crippen LogP contribution in [0.5, 0.6) is 0 Å². The van der Waals surface area contributed by atoms with Gasteiger partial charge in [-0.15, -0.1) is 5.10 Å². The standard InChI is InChI=1S/C20H21ClN8/c1-12(2)25-17-6-19(29-20-14(7-24-29)5-15(21)8-23-20)22-9-16(17)18-11-28(27-26-18)10-13-3-4-13/h5-9,11-13H,3-4,10H2,1-2H3,(H,22,25). The largest absolute Gasteiger partial charge is 0.382 e. The van der Waals surface area contributed by atoms with Crippen LogP contribution < -0.4 is 5.32 Å². The van der Waals surface area contributed by atoms with E-state index < -0.39 is 0 Å². The summed E-state index contributed by atoms with van der Waals surface area (Å²) in [5.74, 6) is 1.42. The Morgan fingerprint density at radius 3 is 2.83 bits per heavy atom. The zero-order valence-corrected chi connectivity index (χ0v) is 17.0. The minimum Gasteiger partial charge on any atom is -0.382 e. The normalized spacial score (nSPS) is 14.1. The van der Waals surface area contributed by atoms with Gasteiger partial charge in [0.15, 0.2) is 11.5 Å². The van der Waals surface area contributed by atoms with Crippen LogP contribution >= 0.6 is 11.6 Å². The van der Waals surface area contributed by atoms with Crippen molar-refractivity contribution in [2.45, 2.75) is 39.3 Å². The summed E-state index contributed by atoms with van der Waals surface area (Å²) < 4.78 is 3.64. The molecule has 0 aromatic carbocycles. The quantitative estimate of drug-likeness (QED) is 0.519. The third-order valence-corrected chi connectivity index (χ3v) is 5.09. The Balaban J connectivity index is 1.55. The number of hydrogen-bond donors (Lipinski definition) is 1. The van der Waals surface area contributed by atoms with E-state index in [-0.39, 0.29) is 6.04 Å². The van der Waals surface area contributed by atoms with Gasteiger partial charge in [-0.2, -0.15) is 9.78 Å². The molecule has 0 bridgehead atoms. The van der Waals surface area contributed by atoms with Crippen LogP contribution in [0.3, 0.4) is 0 Å². The molecule has 1 N–H and O–H groups in total. The van der Waals surface area contributed by atoms with E-state index in [0.717, 1.165) is 34.8 Å². The van der Waals surface area contributed by atoms with Crippen LogP contribution in [0.15, 0.2) is 36.9 Å². The molecule has 1 aliphatic rings. The first-order valence-electron chi connectivity index (χ1n) is 9.73. The van der Waals surface area contributed by atoms with Crippen molar-refractivity contribution in [2.24, 2.45) is 5.92 Å². The zero-order chi connectivity index (χ0) is 20.0. The first-order chi connectivity index (χ1) is 14.1. The number of aromatic nitrogens is 7. The molecule has 4 heterocycles. The Morgan fingerprint density at radius 1 is 1.17 bits per heavy atom. The maximum Gasteiger partial charge on any atom is 0.164 e. The number of halogens is 1. The van der Waals surface area contributed by atoms with Gasteiger partial charge in [-0.3, -0.25) is 4.68 Å². The lowest BCUT2D eigenvalue weighted by Gasteiger charge is -2.14. The minimum absolute atomic E-state index is 0.247. The smallest absolute Gasteiger partial charge is 0.164 e. The summed E-state index contributed by atoms with van der Waals surface area (Å²) in [5, 5.41) is 18.0. The molecule has 1 saturated carbocycles. The van der Waals surface area contributed by atoms with E-state index in [9.17, 15) is 0 Å². The number of nitrogens with one attached hydrogen (secondary N) is 1. The van der Waals surface area contributed by atoms with E-state index in [0.29, 0.717) is 16.5 Å². The fraction of sp³-hybridized carbons (Fsp3) is 0.350. The fourth-order valence-electron chi connectivity index (χ4n) is 3.33. The summed E-state index contributed by atoms with van der Waals surface area (Å²) in [4.78, 5) is 9.04. The van der Waals surface area contributed by atoms with Crippen molar-refractivity contribution in [3.8, 4) is 17.1 Å². The third kappa shape index (κ3) is 3.67. The van der Waals surface area contributed by atoms with Crippen LogP contribution in [-0.4, -0.2) is 40.8 Å². The molecule has 9 heteroatoms. The Labute approximate surface area is 172 Å². The lowest BCUT2D eigenvalue weighted by atomic mass is 10.1. The molecule has 4 aromatic heterocycles. The summed E-state index contributed by atoms with van der Waals surface area (Å²) in [5.41, 5.74) is 3.36. The number of fused-ring (bicyclic) bond motifs is 1. The highest BCUT2D eigenvalue weighted by Crippen LogP contribution is 2.32. The fourth-order valence-corrected chi connectivity index (χ4v) is 3.50. The van der Waals surface area contributed by atoms with Gasteiger partial charge in [-0.25, -0.2) is 9.97 Å². The van der Waals surface area contributed by atoms with Gasteiger partial charge in [-0.05, 0) is 38.7 Å². The van der Waals surface area contributed by atoms with E-state index in [1.807, 2.05) is 29.2 Å². The molecule has 148 valence electrons. The third-order valence-electron chi connectivity index (χ3n) is 4.88. The summed E-state index contributed by atoms with van der Waals surface area (Å²) >= 11 is 6.04. The molecular formula is C20H21ClN8. The van der Waals surface area contributed by atoms with E-state index in [1.165, 1.54) is 12.8 Å². The molecule has 0 radical (unpaired) electrons. The number of rotatable bonds is 6. The first kappa shape index (κ1) is 18.1. The van der Waals surface area contributed by atoms with Gasteiger partial charge in [0.2, 0.25) is 0 Å². The Morgan fingerprint density at radius 2 is 2.03 bits per heavy atom. The van der Waals surface area contributed by atoms with E-state index in [4.69, 9.17) is 11.6 Å². The molecule has 29 heavy (non-hydrogen) atoms. The van der Waals surface area contributed by atoms with Crippen molar-refractivity contribution in [2.75, 3.05) is 5.32 Å². The summed E-state index contributed by atoms with van der Waals surface area (Å²) in [6.45, 7) is 5.13. The van der Waals surface area contributed by atoms with Gasteiger partial charge in [0.05, 0.1) is 17.4 Å². The second kappa shape index (κ2) is 7.11. The highest BCUT2D eigenvalue weighted by atomic mass is 35.5. The van der Waals surface area contributed by atoms with Crippen LogP contribution in [0.2, 0.25) is 5.02 Å². The number of hydrogen-bond acceptors (Lipinski definition) is 6. The second-order valence-electron chi connectivity index (χ2n) is 7.78. The second-order valence-corrected chi connectivity index (χ2v) is 8.22. The van der Waals surface area contributed by atoms with Crippen LogP contribution in [-0.2, 0) is 6.54 Å². The molecule has 5 rings (SSSR count). The minimum atomic E-state index is 0.247. The van der Waals surface area contributed by atoms with Crippen LogP contribution in [0.4, 0.5) is 5.69 Å². The topological polar surface area (TPSA) is 86.3 Å². The summed E-state index contributed by atoms with van der Waals surface area (Å²) in [6, 6.07) is 4.06. The maximum atomic E-state index is 6.04. The van der Waals surface area contributed by atoms with Crippen molar-refractivity contribution in [3.05, 3.63) is 41.9 Å². The molecule has 0 unspecified atom stereocenters. The first-order valence-corrected chi connectivity index (χ1v) is 10.1. The van der Waals surface area contributed by atoms with Crippen molar-refractivity contribution in [1.29, 1.82) is 0 Å². The molecule has 4 aromatic rings. The van der Waals surface area contributed by atoms with Crippen molar-refractivity contribution in [3.63, 3.8) is 0 Å². The Bertz CT molecular complexity index is 1170. The van der Waals surface area contributed by atoms with Crippen LogP contribution in [0, 0.1) is 5.92 Å². The SMILES string of the molecule is CC(C)Nc1cc(-n2ncc3cc(Cl)cnc32)ncc1-c1cn(CC2CC2)nn1. The highest BCUT2D eigenvalue weighted by molar-refractivity contribution is 6.31. The van der Waals surface area contributed by atoms with Gasteiger partial charge < -0.3 is 5.32 Å². The van der Waals surface area contributed by atoms with E-state index >= 15 is 0 Å². The monoisotopic (exact) mass is 408 g/mol. The predicted octanol–water partition coefficient (Wildman–Crippen LogP) is 3.96. The van der Waals surface area contributed by atoms with Crippen LogP contribution in [0.25, 0.3) is 28.1 Å². The molecule has 1 aliphatic carbocycles. The molecule has 8 nitrogen and oxygen atoms in total. The lowest BCUT2D eigenvalue weighted by Crippen LogP contribution is -2.12. The predicted molar refractivity (Wildman–Crippen MR) is 112 cm³/mol. The molecule has 0 atom stereocenters. The van der Waals surface area contributed by atoms with Gasteiger partial charge >= 0.3 is 0 Å². The van der Waals surface area contributed by atoms with Crippen molar-refractivity contribution >= 4 is 28.3 Å². The Hall–Kier alpha value is -3.00. The molecule has 0 amide bonds. The number of anilines is 1. The Kier molecular flexibility index (Phi) is 4.43. The molecule has 0 spiro atoms. The molecule has 1 fully saturated rings. The molecule has 0 saturated heterocycles. The van der Waals surface area contributed by atoms with Crippen molar-refractivity contribution in [1.82, 2.24) is 34.7 Å². The average molecular weight is 409 g/mol. The van der Waals surface area contributed by atoms with E-state index in [2.05, 4.69) is 44.5 Å². The van der Waals surface area contributed by atoms with Gasteiger partial charge in [-0.1, -0.05) is 16.8 Å². The summed E-state index contributed by atoms with van der Waals surface area (Å²) in [6.07, 6.45) is 9.72. The molecular weight excluding hydrogens is 388 g/mol. The maximum absolute atomic E-state index is 6.04. The van der Waals surface area contributed by atoms with Crippen LogP contribution in [0.1, 0.15) is 26.7 Å².